The SMILES string of the molecule is CC(CN1CCCC1)NCC1COCCO1. The maximum atomic E-state index is 5.60. The van der Waals surface area contributed by atoms with Crippen molar-refractivity contribution in [1.82, 2.24) is 10.2 Å². The molecule has 2 saturated heterocycles. The van der Waals surface area contributed by atoms with E-state index in [1.54, 1.807) is 0 Å². The largest absolute Gasteiger partial charge is 0.376 e. The van der Waals surface area contributed by atoms with Crippen molar-refractivity contribution < 1.29 is 9.47 Å². The topological polar surface area (TPSA) is 33.7 Å². The molecule has 0 amide bonds. The molecule has 2 aliphatic heterocycles. The monoisotopic (exact) mass is 228 g/mol. The number of nitrogens with one attached hydrogen (secondary N) is 1. The molecule has 0 aliphatic carbocycles. The van der Waals surface area contributed by atoms with Crippen molar-refractivity contribution >= 4 is 0 Å². The minimum atomic E-state index is 0.245. The molecule has 1 N–H and O–H groups in total. The van der Waals surface area contributed by atoms with Crippen LogP contribution in [0, 0.1) is 0 Å². The molecular formula is C12H24N2O2. The maximum absolute atomic E-state index is 5.60. The Morgan fingerprint density at radius 1 is 1.31 bits per heavy atom. The Hall–Kier alpha value is -0.160. The summed E-state index contributed by atoms with van der Waals surface area (Å²) in [6.07, 6.45) is 2.98. The molecule has 0 bridgehead atoms. The standard InChI is InChI=1S/C12H24N2O2/c1-11(9-14-4-2-3-5-14)13-8-12-10-15-6-7-16-12/h11-13H,2-10H2,1H3. The lowest BCUT2D eigenvalue weighted by molar-refractivity contribution is -0.0870. The van der Waals surface area contributed by atoms with Crippen LogP contribution in [0.4, 0.5) is 0 Å². The molecule has 4 nitrogen and oxygen atoms in total. The summed E-state index contributed by atoms with van der Waals surface area (Å²) in [5.41, 5.74) is 0. The van der Waals surface area contributed by atoms with E-state index in [1.165, 1.54) is 25.9 Å². The molecule has 2 atom stereocenters. The Kier molecular flexibility index (Phi) is 5.03. The van der Waals surface area contributed by atoms with Gasteiger partial charge in [0.05, 0.1) is 25.9 Å². The van der Waals surface area contributed by atoms with Gasteiger partial charge < -0.3 is 19.7 Å². The highest BCUT2D eigenvalue weighted by atomic mass is 16.6. The van der Waals surface area contributed by atoms with E-state index in [9.17, 15) is 0 Å². The van der Waals surface area contributed by atoms with Gasteiger partial charge in [-0.05, 0) is 32.9 Å². The van der Waals surface area contributed by atoms with Crippen molar-refractivity contribution in [3.63, 3.8) is 0 Å². The highest BCUT2D eigenvalue weighted by Crippen LogP contribution is 2.07. The summed E-state index contributed by atoms with van der Waals surface area (Å²) >= 11 is 0. The van der Waals surface area contributed by atoms with E-state index < -0.39 is 0 Å². The van der Waals surface area contributed by atoms with Gasteiger partial charge in [0, 0.05) is 19.1 Å². The van der Waals surface area contributed by atoms with Gasteiger partial charge in [0.25, 0.3) is 0 Å². The van der Waals surface area contributed by atoms with Gasteiger partial charge in [-0.1, -0.05) is 0 Å². The second kappa shape index (κ2) is 6.55. The third kappa shape index (κ3) is 4.01. The minimum Gasteiger partial charge on any atom is -0.376 e. The summed E-state index contributed by atoms with van der Waals surface area (Å²) in [6, 6.07) is 0.545. The van der Waals surface area contributed by atoms with Crippen LogP contribution in [0.5, 0.6) is 0 Å². The molecular weight excluding hydrogens is 204 g/mol. The smallest absolute Gasteiger partial charge is 0.0933 e. The average molecular weight is 228 g/mol. The first-order valence-electron chi connectivity index (χ1n) is 6.49. The van der Waals surface area contributed by atoms with Gasteiger partial charge in [-0.2, -0.15) is 0 Å². The first-order valence-corrected chi connectivity index (χ1v) is 6.49. The number of rotatable bonds is 5. The molecule has 2 heterocycles. The summed E-state index contributed by atoms with van der Waals surface area (Å²) < 4.78 is 11.0. The van der Waals surface area contributed by atoms with Crippen molar-refractivity contribution in [2.75, 3.05) is 46.0 Å². The van der Waals surface area contributed by atoms with Gasteiger partial charge in [0.1, 0.15) is 0 Å². The molecule has 0 radical (unpaired) electrons. The zero-order valence-electron chi connectivity index (χ0n) is 10.3. The van der Waals surface area contributed by atoms with E-state index >= 15 is 0 Å². The Bertz CT molecular complexity index is 189. The normalized spacial score (nSPS) is 29.4. The van der Waals surface area contributed by atoms with Crippen molar-refractivity contribution in [3.8, 4) is 0 Å². The molecule has 2 fully saturated rings. The van der Waals surface area contributed by atoms with Crippen molar-refractivity contribution in [2.45, 2.75) is 31.9 Å². The third-order valence-corrected chi connectivity index (χ3v) is 3.31. The lowest BCUT2D eigenvalue weighted by Gasteiger charge is -2.26. The Morgan fingerprint density at radius 3 is 2.81 bits per heavy atom. The lowest BCUT2D eigenvalue weighted by Crippen LogP contribution is -2.44. The van der Waals surface area contributed by atoms with Crippen LogP contribution in [0.1, 0.15) is 19.8 Å². The Morgan fingerprint density at radius 2 is 2.12 bits per heavy atom. The zero-order valence-corrected chi connectivity index (χ0v) is 10.3. The van der Waals surface area contributed by atoms with Crippen LogP contribution < -0.4 is 5.32 Å². The third-order valence-electron chi connectivity index (χ3n) is 3.31. The molecule has 16 heavy (non-hydrogen) atoms. The fraction of sp³-hybridized carbons (Fsp3) is 1.00. The van der Waals surface area contributed by atoms with Gasteiger partial charge in [-0.15, -0.1) is 0 Å². The number of nitrogens with zero attached hydrogens (tertiary/aromatic N) is 1. The number of hydrogen-bond acceptors (Lipinski definition) is 4. The van der Waals surface area contributed by atoms with E-state index in [-0.39, 0.29) is 6.10 Å². The molecule has 2 aliphatic rings. The number of hydrogen-bond donors (Lipinski definition) is 1. The van der Waals surface area contributed by atoms with Gasteiger partial charge in [0.2, 0.25) is 0 Å². The van der Waals surface area contributed by atoms with Gasteiger partial charge >= 0.3 is 0 Å². The molecule has 94 valence electrons. The second-order valence-electron chi connectivity index (χ2n) is 4.88. The Labute approximate surface area is 98.3 Å². The van der Waals surface area contributed by atoms with Crippen LogP contribution in [-0.4, -0.2) is 63.0 Å². The van der Waals surface area contributed by atoms with E-state index in [1.807, 2.05) is 0 Å². The predicted molar refractivity (Wildman–Crippen MR) is 63.7 cm³/mol. The first kappa shape index (κ1) is 12.3. The van der Waals surface area contributed by atoms with E-state index in [4.69, 9.17) is 9.47 Å². The summed E-state index contributed by atoms with van der Waals surface area (Å²) in [5, 5.41) is 3.53. The fourth-order valence-corrected chi connectivity index (χ4v) is 2.40. The summed E-state index contributed by atoms with van der Waals surface area (Å²) in [6.45, 7) is 9.10. The molecule has 4 heteroatoms. The van der Waals surface area contributed by atoms with Crippen LogP contribution in [-0.2, 0) is 9.47 Å². The van der Waals surface area contributed by atoms with Crippen LogP contribution >= 0.6 is 0 Å². The van der Waals surface area contributed by atoms with Crippen LogP contribution in [0.2, 0.25) is 0 Å². The number of ether oxygens (including phenoxy) is 2. The lowest BCUT2D eigenvalue weighted by atomic mass is 10.2. The molecule has 0 aromatic carbocycles. The van der Waals surface area contributed by atoms with Crippen molar-refractivity contribution in [1.29, 1.82) is 0 Å². The Balaban J connectivity index is 1.57. The van der Waals surface area contributed by atoms with E-state index in [0.717, 1.165) is 32.9 Å². The highest BCUT2D eigenvalue weighted by Gasteiger charge is 2.17. The summed E-state index contributed by atoms with van der Waals surface area (Å²) in [4.78, 5) is 2.54. The van der Waals surface area contributed by atoms with Crippen molar-refractivity contribution in [3.05, 3.63) is 0 Å². The summed E-state index contributed by atoms with van der Waals surface area (Å²) in [5.74, 6) is 0. The molecule has 2 rings (SSSR count). The molecule has 0 aromatic rings. The maximum Gasteiger partial charge on any atom is 0.0933 e. The first-order chi connectivity index (χ1) is 7.84. The average Bonchev–Trinajstić information content (AvgIpc) is 2.81. The highest BCUT2D eigenvalue weighted by molar-refractivity contribution is 4.74. The predicted octanol–water partition coefficient (Wildman–Crippen LogP) is 0.476. The number of likely N-dealkylation sites (tertiary alicyclic amines) is 1. The van der Waals surface area contributed by atoms with Crippen LogP contribution in [0.3, 0.4) is 0 Å². The van der Waals surface area contributed by atoms with Crippen LogP contribution in [0.15, 0.2) is 0 Å². The quantitative estimate of drug-likeness (QED) is 0.742. The molecule has 0 spiro atoms. The molecule has 0 saturated carbocycles. The van der Waals surface area contributed by atoms with Gasteiger partial charge in [0.15, 0.2) is 0 Å². The van der Waals surface area contributed by atoms with E-state index in [2.05, 4.69) is 17.1 Å². The van der Waals surface area contributed by atoms with Gasteiger partial charge in [-0.25, -0.2) is 0 Å². The zero-order chi connectivity index (χ0) is 11.2. The molecule has 0 aromatic heterocycles. The minimum absolute atomic E-state index is 0.245. The van der Waals surface area contributed by atoms with Crippen molar-refractivity contribution in [2.24, 2.45) is 0 Å². The van der Waals surface area contributed by atoms with E-state index in [0.29, 0.717) is 6.04 Å². The van der Waals surface area contributed by atoms with Gasteiger partial charge in [-0.3, -0.25) is 0 Å². The fourth-order valence-electron chi connectivity index (χ4n) is 2.40. The van der Waals surface area contributed by atoms with Crippen LogP contribution in [0.25, 0.3) is 0 Å². The molecule has 2 unspecified atom stereocenters. The summed E-state index contributed by atoms with van der Waals surface area (Å²) in [7, 11) is 0. The second-order valence-corrected chi connectivity index (χ2v) is 4.88.